The van der Waals surface area contributed by atoms with Crippen LogP contribution in [-0.4, -0.2) is 22.8 Å². The lowest BCUT2D eigenvalue weighted by Crippen LogP contribution is -2.45. The minimum Gasteiger partial charge on any atom is -0.459 e. The van der Waals surface area contributed by atoms with Crippen molar-refractivity contribution in [2.45, 2.75) is 51.2 Å². The highest BCUT2D eigenvalue weighted by Gasteiger charge is 2.34. The number of carbonyl (C=O) groups is 2. The van der Waals surface area contributed by atoms with Crippen molar-refractivity contribution in [3.8, 4) is 0 Å². The normalized spacial score (nSPS) is 14.9. The Bertz CT molecular complexity index is 991. The van der Waals surface area contributed by atoms with Gasteiger partial charge < -0.3 is 14.6 Å². The number of nitrogens with zero attached hydrogens (tertiary/aromatic N) is 1. The lowest BCUT2D eigenvalue weighted by atomic mass is 10.0. The van der Waals surface area contributed by atoms with E-state index in [-0.39, 0.29) is 23.6 Å². The number of aryl methyl sites for hydroxylation is 1. The summed E-state index contributed by atoms with van der Waals surface area (Å²) >= 11 is 0. The van der Waals surface area contributed by atoms with E-state index in [9.17, 15) is 9.59 Å². The van der Waals surface area contributed by atoms with Crippen LogP contribution in [0.25, 0.3) is 0 Å². The van der Waals surface area contributed by atoms with E-state index in [2.05, 4.69) is 5.32 Å². The summed E-state index contributed by atoms with van der Waals surface area (Å²) in [7, 11) is 0. The van der Waals surface area contributed by atoms with Gasteiger partial charge in [-0.1, -0.05) is 73.0 Å². The van der Waals surface area contributed by atoms with Crippen LogP contribution < -0.4 is 5.32 Å². The molecule has 1 N–H and O–H groups in total. The van der Waals surface area contributed by atoms with Gasteiger partial charge in [-0.25, -0.2) is 0 Å². The third-order valence-electron chi connectivity index (χ3n) is 5.84. The van der Waals surface area contributed by atoms with Gasteiger partial charge in [0.05, 0.1) is 6.26 Å². The van der Waals surface area contributed by atoms with E-state index in [0.29, 0.717) is 6.54 Å². The molecule has 0 saturated heterocycles. The molecule has 2 amide bonds. The van der Waals surface area contributed by atoms with Crippen molar-refractivity contribution < 1.29 is 14.0 Å². The average molecular weight is 417 g/mol. The van der Waals surface area contributed by atoms with Crippen molar-refractivity contribution in [2.24, 2.45) is 0 Å². The number of rotatable bonds is 7. The SMILES string of the molecule is Cc1ccc(CN(C(=O)c2ccco2)[C@H](C(=O)NC2CCCC2)c2ccccc2)cc1. The fourth-order valence-electron chi connectivity index (χ4n) is 4.17. The van der Waals surface area contributed by atoms with Crippen molar-refractivity contribution in [3.05, 3.63) is 95.4 Å². The smallest absolute Gasteiger partial charge is 0.290 e. The predicted octanol–water partition coefficient (Wildman–Crippen LogP) is 5.03. The Morgan fingerprint density at radius 1 is 1.00 bits per heavy atom. The molecule has 0 unspecified atom stereocenters. The molecule has 5 heteroatoms. The topological polar surface area (TPSA) is 62.6 Å². The van der Waals surface area contributed by atoms with Gasteiger partial charge >= 0.3 is 0 Å². The fourth-order valence-corrected chi connectivity index (χ4v) is 4.17. The molecule has 2 aromatic carbocycles. The minimum absolute atomic E-state index is 0.148. The summed E-state index contributed by atoms with van der Waals surface area (Å²) in [5.41, 5.74) is 2.89. The van der Waals surface area contributed by atoms with Crippen LogP contribution in [0.2, 0.25) is 0 Å². The molecular weight excluding hydrogens is 388 g/mol. The molecule has 31 heavy (non-hydrogen) atoms. The van der Waals surface area contributed by atoms with E-state index >= 15 is 0 Å². The third-order valence-corrected chi connectivity index (χ3v) is 5.84. The van der Waals surface area contributed by atoms with Crippen LogP contribution in [-0.2, 0) is 11.3 Å². The number of nitrogens with one attached hydrogen (secondary N) is 1. The second-order valence-electron chi connectivity index (χ2n) is 8.20. The van der Waals surface area contributed by atoms with Crippen molar-refractivity contribution in [3.63, 3.8) is 0 Å². The zero-order valence-electron chi connectivity index (χ0n) is 17.8. The maximum atomic E-state index is 13.5. The summed E-state index contributed by atoms with van der Waals surface area (Å²) in [5, 5.41) is 3.19. The molecule has 5 nitrogen and oxygen atoms in total. The number of carbonyl (C=O) groups excluding carboxylic acids is 2. The number of benzene rings is 2. The zero-order chi connectivity index (χ0) is 21.6. The number of hydrogen-bond donors (Lipinski definition) is 1. The van der Waals surface area contributed by atoms with Crippen LogP contribution in [0.15, 0.2) is 77.4 Å². The molecule has 160 valence electrons. The third kappa shape index (κ3) is 5.05. The highest BCUT2D eigenvalue weighted by molar-refractivity contribution is 5.96. The fraction of sp³-hybridized carbons (Fsp3) is 0.308. The van der Waals surface area contributed by atoms with Gasteiger partial charge in [-0.15, -0.1) is 0 Å². The first-order valence-corrected chi connectivity index (χ1v) is 10.9. The molecular formula is C26H28N2O3. The lowest BCUT2D eigenvalue weighted by molar-refractivity contribution is -0.126. The summed E-state index contributed by atoms with van der Waals surface area (Å²) in [6.07, 6.45) is 5.70. The first-order valence-electron chi connectivity index (χ1n) is 10.9. The number of furan rings is 1. The molecule has 4 rings (SSSR count). The zero-order valence-corrected chi connectivity index (χ0v) is 17.8. The van der Waals surface area contributed by atoms with E-state index < -0.39 is 6.04 Å². The van der Waals surface area contributed by atoms with Crippen molar-refractivity contribution in [2.75, 3.05) is 0 Å². The van der Waals surface area contributed by atoms with Crippen LogP contribution in [0.5, 0.6) is 0 Å². The van der Waals surface area contributed by atoms with Gasteiger partial charge in [0.15, 0.2) is 5.76 Å². The van der Waals surface area contributed by atoms with Gasteiger partial charge in [-0.3, -0.25) is 9.59 Å². The van der Waals surface area contributed by atoms with Gasteiger partial charge in [0.2, 0.25) is 5.91 Å². The van der Waals surface area contributed by atoms with Crippen LogP contribution >= 0.6 is 0 Å². The summed E-state index contributed by atoms with van der Waals surface area (Å²) in [4.78, 5) is 28.6. The van der Waals surface area contributed by atoms with Crippen molar-refractivity contribution in [1.29, 1.82) is 0 Å². The standard InChI is InChI=1S/C26H28N2O3/c1-19-13-15-20(16-14-19)18-28(26(30)23-12-7-17-31-23)24(21-8-3-2-4-9-21)25(29)27-22-10-5-6-11-22/h2-4,7-9,12-17,22,24H,5-6,10-11,18H2,1H3,(H,27,29)/t24-/m0/s1. The van der Waals surface area contributed by atoms with Crippen molar-refractivity contribution in [1.82, 2.24) is 10.2 Å². The second kappa shape index (κ2) is 9.65. The van der Waals surface area contributed by atoms with E-state index in [1.165, 1.54) is 6.26 Å². The largest absolute Gasteiger partial charge is 0.459 e. The molecule has 1 aliphatic rings. The monoisotopic (exact) mass is 416 g/mol. The molecule has 1 saturated carbocycles. The van der Waals surface area contributed by atoms with E-state index in [1.54, 1.807) is 17.0 Å². The van der Waals surface area contributed by atoms with E-state index in [0.717, 1.165) is 42.4 Å². The van der Waals surface area contributed by atoms with Gasteiger partial charge in [-0.05, 0) is 43.0 Å². The molecule has 1 aromatic heterocycles. The molecule has 0 radical (unpaired) electrons. The molecule has 0 spiro atoms. The minimum atomic E-state index is -0.749. The lowest BCUT2D eigenvalue weighted by Gasteiger charge is -2.32. The summed E-state index contributed by atoms with van der Waals surface area (Å²) in [6.45, 7) is 2.33. The Labute approximate surface area is 183 Å². The van der Waals surface area contributed by atoms with Gasteiger partial charge in [0.25, 0.3) is 5.91 Å². The molecule has 0 aliphatic heterocycles. The molecule has 1 heterocycles. The summed E-state index contributed by atoms with van der Waals surface area (Å²) in [6, 6.07) is 20.3. The molecule has 1 aliphatic carbocycles. The Balaban J connectivity index is 1.71. The highest BCUT2D eigenvalue weighted by atomic mass is 16.3. The Hall–Kier alpha value is -3.34. The number of hydrogen-bond acceptors (Lipinski definition) is 3. The molecule has 1 fully saturated rings. The maximum absolute atomic E-state index is 13.5. The molecule has 1 atom stereocenters. The highest BCUT2D eigenvalue weighted by Crippen LogP contribution is 2.27. The number of amides is 2. The Kier molecular flexibility index (Phi) is 6.51. The quantitative estimate of drug-likeness (QED) is 0.588. The van der Waals surface area contributed by atoms with Crippen LogP contribution in [0, 0.1) is 6.92 Å². The summed E-state index contributed by atoms with van der Waals surface area (Å²) in [5.74, 6) is -0.229. The predicted molar refractivity (Wildman–Crippen MR) is 119 cm³/mol. The Morgan fingerprint density at radius 3 is 2.35 bits per heavy atom. The van der Waals surface area contributed by atoms with E-state index in [1.807, 2.05) is 61.5 Å². The van der Waals surface area contributed by atoms with Gasteiger partial charge in [0.1, 0.15) is 6.04 Å². The average Bonchev–Trinajstić information content (AvgIpc) is 3.49. The molecule has 3 aromatic rings. The van der Waals surface area contributed by atoms with Gasteiger partial charge in [-0.2, -0.15) is 0 Å². The molecule has 0 bridgehead atoms. The second-order valence-corrected chi connectivity index (χ2v) is 8.20. The van der Waals surface area contributed by atoms with Crippen LogP contribution in [0.1, 0.15) is 59.0 Å². The van der Waals surface area contributed by atoms with E-state index in [4.69, 9.17) is 4.42 Å². The van der Waals surface area contributed by atoms with Crippen LogP contribution in [0.3, 0.4) is 0 Å². The Morgan fingerprint density at radius 2 is 1.71 bits per heavy atom. The van der Waals surface area contributed by atoms with Gasteiger partial charge in [0, 0.05) is 12.6 Å². The summed E-state index contributed by atoms with van der Waals surface area (Å²) < 4.78 is 5.41. The van der Waals surface area contributed by atoms with Crippen molar-refractivity contribution >= 4 is 11.8 Å². The first kappa shape index (κ1) is 20.9. The maximum Gasteiger partial charge on any atom is 0.290 e. The first-order chi connectivity index (χ1) is 15.1. The van der Waals surface area contributed by atoms with Crippen LogP contribution in [0.4, 0.5) is 0 Å².